The Morgan fingerprint density at radius 2 is 1.67 bits per heavy atom. The molecule has 36 heavy (non-hydrogen) atoms. The van der Waals surface area contributed by atoms with Crippen molar-refractivity contribution in [2.24, 2.45) is 23.7 Å². The Balaban J connectivity index is 1.37. The van der Waals surface area contributed by atoms with Crippen molar-refractivity contribution in [3.8, 4) is 5.75 Å². The number of hydrogen-bond acceptors (Lipinski definition) is 2. The predicted molar refractivity (Wildman–Crippen MR) is 147 cm³/mol. The van der Waals surface area contributed by atoms with E-state index in [4.69, 9.17) is 9.47 Å². The summed E-state index contributed by atoms with van der Waals surface area (Å²) in [7, 11) is 1.72. The van der Waals surface area contributed by atoms with Gasteiger partial charge in [0.25, 0.3) is 0 Å². The largest absolute Gasteiger partial charge is 0.497 e. The summed E-state index contributed by atoms with van der Waals surface area (Å²) >= 11 is 0. The number of fused-ring (bicyclic) bond motifs is 1. The molecule has 0 N–H and O–H groups in total. The lowest BCUT2D eigenvalue weighted by atomic mass is 9.72. The number of rotatable bonds is 7. The standard InChI is InChI=1S/C33H42NO2/c1-23(2)33(36-21-25-11-14-29(35-5)15-12-25)22-34(19-24(3)30-16-17-31(33)32(30,34)4)20-26-10-13-27-8-6-7-9-28(27)18-26/h6-15,18,23-24,30-31H,16-17,19-22H2,1-5H3/q+1/t24-,30+,31+,32-,33+,34-/m1/s1. The fourth-order valence-corrected chi connectivity index (χ4v) is 8.98. The van der Waals surface area contributed by atoms with E-state index in [2.05, 4.69) is 94.4 Å². The van der Waals surface area contributed by atoms with Crippen molar-refractivity contribution >= 4 is 10.8 Å². The molecule has 2 heterocycles. The topological polar surface area (TPSA) is 18.5 Å². The van der Waals surface area contributed by atoms with Crippen LogP contribution in [0, 0.1) is 23.7 Å². The van der Waals surface area contributed by atoms with Gasteiger partial charge in [0.2, 0.25) is 0 Å². The molecule has 3 aromatic carbocycles. The van der Waals surface area contributed by atoms with Gasteiger partial charge in [0, 0.05) is 23.3 Å². The molecule has 190 valence electrons. The highest BCUT2D eigenvalue weighted by Gasteiger charge is 2.78. The Hall–Kier alpha value is -2.36. The second-order valence-electron chi connectivity index (χ2n) is 12.5. The van der Waals surface area contributed by atoms with Gasteiger partial charge in [-0.15, -0.1) is 0 Å². The summed E-state index contributed by atoms with van der Waals surface area (Å²) in [6.07, 6.45) is 2.64. The van der Waals surface area contributed by atoms with Gasteiger partial charge >= 0.3 is 0 Å². The fraction of sp³-hybridized carbons (Fsp3) is 0.515. The average Bonchev–Trinajstić information content (AvgIpc) is 3.42. The maximum atomic E-state index is 7.16. The molecule has 2 aliphatic heterocycles. The maximum Gasteiger partial charge on any atom is 0.128 e. The quantitative estimate of drug-likeness (QED) is 0.330. The predicted octanol–water partition coefficient (Wildman–Crippen LogP) is 7.23. The highest BCUT2D eigenvalue weighted by atomic mass is 16.5. The van der Waals surface area contributed by atoms with Gasteiger partial charge in [0.05, 0.1) is 20.3 Å². The molecular formula is C33H42NO2+. The van der Waals surface area contributed by atoms with Crippen molar-refractivity contribution in [3.05, 3.63) is 77.9 Å². The van der Waals surface area contributed by atoms with Crippen molar-refractivity contribution in [1.82, 2.24) is 0 Å². The highest BCUT2D eigenvalue weighted by Crippen LogP contribution is 2.67. The molecule has 3 aliphatic rings. The van der Waals surface area contributed by atoms with Crippen molar-refractivity contribution < 1.29 is 14.0 Å². The maximum absolute atomic E-state index is 7.16. The molecule has 3 heteroatoms. The van der Waals surface area contributed by atoms with Gasteiger partial charge in [0.1, 0.15) is 30.0 Å². The molecule has 1 saturated carbocycles. The summed E-state index contributed by atoms with van der Waals surface area (Å²) in [5.74, 6) is 3.53. The van der Waals surface area contributed by atoms with Gasteiger partial charge in [-0.3, -0.25) is 0 Å². The third-order valence-electron chi connectivity index (χ3n) is 10.7. The minimum Gasteiger partial charge on any atom is -0.497 e. The molecule has 3 fully saturated rings. The van der Waals surface area contributed by atoms with Crippen LogP contribution in [0.3, 0.4) is 0 Å². The van der Waals surface area contributed by atoms with E-state index in [-0.39, 0.29) is 11.1 Å². The van der Waals surface area contributed by atoms with Crippen LogP contribution in [0.2, 0.25) is 0 Å². The van der Waals surface area contributed by atoms with Crippen LogP contribution >= 0.6 is 0 Å². The van der Waals surface area contributed by atoms with E-state index in [0.717, 1.165) is 30.7 Å². The first-order valence-corrected chi connectivity index (χ1v) is 13.9. The van der Waals surface area contributed by atoms with Crippen LogP contribution in [0.5, 0.6) is 5.75 Å². The molecule has 0 aromatic heterocycles. The fourth-order valence-electron chi connectivity index (χ4n) is 8.98. The smallest absolute Gasteiger partial charge is 0.128 e. The van der Waals surface area contributed by atoms with E-state index in [1.165, 1.54) is 45.8 Å². The molecule has 2 saturated heterocycles. The van der Waals surface area contributed by atoms with Gasteiger partial charge < -0.3 is 14.0 Å². The van der Waals surface area contributed by atoms with Crippen LogP contribution in [0.4, 0.5) is 0 Å². The summed E-state index contributed by atoms with van der Waals surface area (Å²) in [5, 5.41) is 2.69. The van der Waals surface area contributed by atoms with E-state index >= 15 is 0 Å². The molecule has 1 aliphatic carbocycles. The minimum atomic E-state index is -0.0968. The van der Waals surface area contributed by atoms with Crippen molar-refractivity contribution in [2.45, 2.75) is 64.8 Å². The Morgan fingerprint density at radius 1 is 0.944 bits per heavy atom. The first-order chi connectivity index (χ1) is 17.3. The lowest BCUT2D eigenvalue weighted by Crippen LogP contribution is -2.57. The van der Waals surface area contributed by atoms with Crippen LogP contribution in [0.15, 0.2) is 66.7 Å². The summed E-state index contributed by atoms with van der Waals surface area (Å²) in [6.45, 7) is 14.1. The van der Waals surface area contributed by atoms with Gasteiger partial charge in [0.15, 0.2) is 0 Å². The van der Waals surface area contributed by atoms with Crippen LogP contribution in [-0.2, 0) is 17.9 Å². The van der Waals surface area contributed by atoms with Gasteiger partial charge in [-0.2, -0.15) is 0 Å². The van der Waals surface area contributed by atoms with E-state index in [9.17, 15) is 0 Å². The Bertz CT molecular complexity index is 1250. The van der Waals surface area contributed by atoms with Crippen molar-refractivity contribution in [3.63, 3.8) is 0 Å². The number of methoxy groups -OCH3 is 1. The van der Waals surface area contributed by atoms with E-state index in [1.807, 2.05) is 0 Å². The Morgan fingerprint density at radius 3 is 2.39 bits per heavy atom. The first kappa shape index (κ1) is 24.0. The summed E-state index contributed by atoms with van der Waals surface area (Å²) < 4.78 is 13.7. The van der Waals surface area contributed by atoms with Gasteiger partial charge in [-0.1, -0.05) is 69.3 Å². The number of ether oxygens (including phenoxy) is 2. The van der Waals surface area contributed by atoms with Crippen LogP contribution in [-0.4, -0.2) is 35.8 Å². The Kier molecular flexibility index (Phi) is 5.73. The number of hydrogen-bond donors (Lipinski definition) is 0. The second-order valence-corrected chi connectivity index (χ2v) is 12.5. The molecule has 3 aromatic rings. The third-order valence-corrected chi connectivity index (χ3v) is 10.7. The van der Waals surface area contributed by atoms with E-state index in [0.29, 0.717) is 18.4 Å². The number of benzene rings is 3. The van der Waals surface area contributed by atoms with E-state index in [1.54, 1.807) is 7.11 Å². The molecule has 0 unspecified atom stereocenters. The molecule has 6 atom stereocenters. The van der Waals surface area contributed by atoms with E-state index < -0.39 is 0 Å². The summed E-state index contributed by atoms with van der Waals surface area (Å²) in [6, 6.07) is 24.3. The van der Waals surface area contributed by atoms with Crippen LogP contribution in [0.1, 0.15) is 51.7 Å². The van der Waals surface area contributed by atoms with Gasteiger partial charge in [-0.25, -0.2) is 0 Å². The number of quaternary nitrogens is 1. The third kappa shape index (κ3) is 3.39. The van der Waals surface area contributed by atoms with Crippen LogP contribution in [0.25, 0.3) is 10.8 Å². The van der Waals surface area contributed by atoms with Crippen molar-refractivity contribution in [2.75, 3.05) is 20.2 Å². The average molecular weight is 485 g/mol. The SMILES string of the molecule is COc1ccc(CO[C@]2(C(C)C)C[N@+]3(Cc4ccc5ccccc5c4)C[C@@H](C)[C@@H]4CC[C@H]2[C@@]43C)cc1. The second kappa shape index (κ2) is 8.60. The minimum absolute atomic E-state index is 0.0968. The highest BCUT2D eigenvalue weighted by molar-refractivity contribution is 5.82. The normalized spacial score (nSPS) is 35.0. The molecular weight excluding hydrogens is 442 g/mol. The molecule has 6 rings (SSSR count). The lowest BCUT2D eigenvalue weighted by molar-refractivity contribution is -0.968. The molecule has 0 bridgehead atoms. The van der Waals surface area contributed by atoms with Crippen LogP contribution < -0.4 is 4.74 Å². The first-order valence-electron chi connectivity index (χ1n) is 13.9. The van der Waals surface area contributed by atoms with Crippen molar-refractivity contribution in [1.29, 1.82) is 0 Å². The molecule has 0 radical (unpaired) electrons. The molecule has 0 spiro atoms. The monoisotopic (exact) mass is 484 g/mol. The summed E-state index contributed by atoms with van der Waals surface area (Å²) in [5.41, 5.74) is 2.88. The summed E-state index contributed by atoms with van der Waals surface area (Å²) in [4.78, 5) is 0. The Labute approximate surface area is 217 Å². The molecule has 0 amide bonds. The lowest BCUT2D eigenvalue weighted by Gasteiger charge is -2.43. The zero-order valence-electron chi connectivity index (χ0n) is 22.7. The number of nitrogens with zero attached hydrogens (tertiary/aromatic N) is 1. The molecule has 3 nitrogen and oxygen atoms in total. The zero-order chi connectivity index (χ0) is 25.1. The van der Waals surface area contributed by atoms with Gasteiger partial charge in [-0.05, 0) is 60.2 Å². The zero-order valence-corrected chi connectivity index (χ0v) is 22.7.